The van der Waals surface area contributed by atoms with Crippen molar-refractivity contribution >= 4 is 23.7 Å². The fourth-order valence-electron chi connectivity index (χ4n) is 1.53. The average Bonchev–Trinajstić information content (AvgIpc) is 2.95. The molecule has 0 spiro atoms. The lowest BCUT2D eigenvalue weighted by Crippen LogP contribution is -2.24. The van der Waals surface area contributed by atoms with Crippen LogP contribution in [-0.2, 0) is 11.8 Å². The maximum absolute atomic E-state index is 5.28. The Kier molecular flexibility index (Phi) is 5.68. The van der Waals surface area contributed by atoms with Gasteiger partial charge < -0.3 is 9.84 Å². The summed E-state index contributed by atoms with van der Waals surface area (Å²) in [5, 5.41) is 10.2. The first-order valence-corrected chi connectivity index (χ1v) is 7.24. The molecule has 0 aliphatic carbocycles. The van der Waals surface area contributed by atoms with Gasteiger partial charge in [-0.05, 0) is 14.0 Å². The second kappa shape index (κ2) is 6.65. The van der Waals surface area contributed by atoms with Gasteiger partial charge in [-0.15, -0.1) is 23.7 Å². The summed E-state index contributed by atoms with van der Waals surface area (Å²) < 4.78 is 5.28. The van der Waals surface area contributed by atoms with E-state index >= 15 is 0 Å². The van der Waals surface area contributed by atoms with Crippen LogP contribution in [0.25, 0.3) is 11.6 Å². The van der Waals surface area contributed by atoms with Gasteiger partial charge in [0.25, 0.3) is 5.89 Å². The van der Waals surface area contributed by atoms with E-state index in [2.05, 4.69) is 48.1 Å². The van der Waals surface area contributed by atoms with E-state index in [0.29, 0.717) is 17.8 Å². The number of halogens is 1. The molecule has 0 aromatic carbocycles. The van der Waals surface area contributed by atoms with Crippen LogP contribution in [0.2, 0.25) is 0 Å². The molecule has 0 amide bonds. The highest BCUT2D eigenvalue weighted by molar-refractivity contribution is 7.10. The van der Waals surface area contributed by atoms with Crippen LogP contribution in [0, 0.1) is 0 Å². The molecule has 1 atom stereocenters. The quantitative estimate of drug-likeness (QED) is 0.939. The SMILES string of the molecule is CNC(C)Cc1noc(-c2csc(C(C)(C)C)n2)n1.Cl. The van der Waals surface area contributed by atoms with E-state index < -0.39 is 0 Å². The van der Waals surface area contributed by atoms with Gasteiger partial charge in [-0.1, -0.05) is 25.9 Å². The summed E-state index contributed by atoms with van der Waals surface area (Å²) in [5.41, 5.74) is 0.817. The zero-order valence-corrected chi connectivity index (χ0v) is 14.1. The van der Waals surface area contributed by atoms with Gasteiger partial charge in [-0.3, -0.25) is 0 Å². The predicted octanol–water partition coefficient (Wildman–Crippen LogP) is 3.06. The number of hydrogen-bond donors (Lipinski definition) is 1. The van der Waals surface area contributed by atoms with Crippen molar-refractivity contribution in [3.05, 3.63) is 16.2 Å². The number of aromatic nitrogens is 3. The Morgan fingerprint density at radius 3 is 2.60 bits per heavy atom. The van der Waals surface area contributed by atoms with E-state index in [9.17, 15) is 0 Å². The van der Waals surface area contributed by atoms with Crippen LogP contribution in [-0.4, -0.2) is 28.2 Å². The summed E-state index contributed by atoms with van der Waals surface area (Å²) in [4.78, 5) is 8.96. The second-order valence-corrected chi connectivity index (χ2v) is 6.56. The molecule has 0 saturated carbocycles. The molecule has 1 unspecified atom stereocenters. The molecule has 0 bridgehead atoms. The van der Waals surface area contributed by atoms with E-state index in [-0.39, 0.29) is 17.8 Å². The Hall–Kier alpha value is -0.980. The van der Waals surface area contributed by atoms with E-state index in [1.807, 2.05) is 12.4 Å². The summed E-state index contributed by atoms with van der Waals surface area (Å²) in [5.74, 6) is 1.22. The first-order chi connectivity index (χ1) is 8.90. The lowest BCUT2D eigenvalue weighted by Gasteiger charge is -2.13. The van der Waals surface area contributed by atoms with Crippen molar-refractivity contribution in [3.8, 4) is 11.6 Å². The third kappa shape index (κ3) is 4.01. The lowest BCUT2D eigenvalue weighted by molar-refractivity contribution is 0.417. The van der Waals surface area contributed by atoms with Crippen molar-refractivity contribution in [1.29, 1.82) is 0 Å². The van der Waals surface area contributed by atoms with E-state index in [1.165, 1.54) is 0 Å². The highest BCUT2D eigenvalue weighted by Crippen LogP contribution is 2.29. The number of likely N-dealkylation sites (N-methyl/N-ethyl adjacent to an activating group) is 1. The van der Waals surface area contributed by atoms with Gasteiger partial charge in [0, 0.05) is 23.3 Å². The standard InChI is InChI=1S/C13H20N4OS.ClH/c1-8(14-5)6-10-16-11(18-17-10)9-7-19-12(15-9)13(2,3)4;/h7-8,14H,6H2,1-5H3;1H. The predicted molar refractivity (Wildman–Crippen MR) is 83.6 cm³/mol. The third-order valence-corrected chi connectivity index (χ3v) is 4.08. The minimum absolute atomic E-state index is 0. The third-order valence-electron chi connectivity index (χ3n) is 2.81. The van der Waals surface area contributed by atoms with Crippen LogP contribution >= 0.6 is 23.7 Å². The first-order valence-electron chi connectivity index (χ1n) is 6.36. The normalized spacial score (nSPS) is 13.1. The van der Waals surface area contributed by atoms with Gasteiger partial charge in [-0.25, -0.2) is 4.98 Å². The molecular weight excluding hydrogens is 296 g/mol. The first kappa shape index (κ1) is 17.1. The van der Waals surface area contributed by atoms with Crippen molar-refractivity contribution in [2.24, 2.45) is 0 Å². The summed E-state index contributed by atoms with van der Waals surface area (Å²) in [6.07, 6.45) is 0.746. The molecule has 1 N–H and O–H groups in total. The zero-order valence-electron chi connectivity index (χ0n) is 12.4. The molecule has 2 aromatic heterocycles. The summed E-state index contributed by atoms with van der Waals surface area (Å²) >= 11 is 1.63. The Morgan fingerprint density at radius 1 is 1.35 bits per heavy atom. The van der Waals surface area contributed by atoms with Gasteiger partial charge >= 0.3 is 0 Å². The van der Waals surface area contributed by atoms with Crippen molar-refractivity contribution in [3.63, 3.8) is 0 Å². The van der Waals surface area contributed by atoms with Crippen LogP contribution in [0.5, 0.6) is 0 Å². The van der Waals surface area contributed by atoms with Crippen LogP contribution in [0.4, 0.5) is 0 Å². The molecule has 0 aliphatic rings. The summed E-state index contributed by atoms with van der Waals surface area (Å²) in [6, 6.07) is 0.325. The fourth-order valence-corrected chi connectivity index (χ4v) is 2.41. The van der Waals surface area contributed by atoms with Crippen LogP contribution in [0.1, 0.15) is 38.5 Å². The van der Waals surface area contributed by atoms with Crippen LogP contribution in [0.3, 0.4) is 0 Å². The molecule has 112 valence electrons. The molecule has 0 fully saturated rings. The minimum atomic E-state index is 0. The maximum Gasteiger partial charge on any atom is 0.277 e. The molecule has 5 nitrogen and oxygen atoms in total. The highest BCUT2D eigenvalue weighted by Gasteiger charge is 2.20. The van der Waals surface area contributed by atoms with Gasteiger partial charge in [0.2, 0.25) is 0 Å². The molecule has 2 aromatic rings. The molecule has 0 saturated heterocycles. The number of hydrogen-bond acceptors (Lipinski definition) is 6. The number of nitrogens with zero attached hydrogens (tertiary/aromatic N) is 3. The van der Waals surface area contributed by atoms with Crippen molar-refractivity contribution < 1.29 is 4.52 Å². The van der Waals surface area contributed by atoms with Crippen molar-refractivity contribution in [1.82, 2.24) is 20.4 Å². The zero-order chi connectivity index (χ0) is 14.0. The number of thiazole rings is 1. The fraction of sp³-hybridized carbons (Fsp3) is 0.615. The van der Waals surface area contributed by atoms with Gasteiger partial charge in [0.05, 0.1) is 5.01 Å². The Labute approximate surface area is 129 Å². The topological polar surface area (TPSA) is 63.8 Å². The molecular formula is C13H21ClN4OS. The summed E-state index contributed by atoms with van der Waals surface area (Å²) in [7, 11) is 1.92. The Bertz CT molecular complexity index is 547. The highest BCUT2D eigenvalue weighted by atomic mass is 35.5. The Morgan fingerprint density at radius 2 is 2.05 bits per heavy atom. The smallest absolute Gasteiger partial charge is 0.277 e. The molecule has 0 radical (unpaired) electrons. The molecule has 7 heteroatoms. The van der Waals surface area contributed by atoms with Crippen LogP contribution < -0.4 is 5.32 Å². The second-order valence-electron chi connectivity index (χ2n) is 5.70. The van der Waals surface area contributed by atoms with Gasteiger partial charge in [0.15, 0.2) is 5.82 Å². The van der Waals surface area contributed by atoms with Crippen molar-refractivity contribution in [2.45, 2.75) is 45.6 Å². The van der Waals surface area contributed by atoms with Crippen LogP contribution in [0.15, 0.2) is 9.90 Å². The van der Waals surface area contributed by atoms with E-state index in [0.717, 1.165) is 17.1 Å². The molecule has 20 heavy (non-hydrogen) atoms. The molecule has 2 rings (SSSR count). The largest absolute Gasteiger partial charge is 0.332 e. The molecule has 0 aliphatic heterocycles. The Balaban J connectivity index is 0.00000200. The minimum Gasteiger partial charge on any atom is -0.332 e. The van der Waals surface area contributed by atoms with Gasteiger partial charge in [0.1, 0.15) is 5.69 Å². The van der Waals surface area contributed by atoms with E-state index in [4.69, 9.17) is 4.52 Å². The van der Waals surface area contributed by atoms with Gasteiger partial charge in [-0.2, -0.15) is 4.98 Å². The maximum atomic E-state index is 5.28. The number of nitrogens with one attached hydrogen (secondary N) is 1. The monoisotopic (exact) mass is 316 g/mol. The lowest BCUT2D eigenvalue weighted by atomic mass is 9.98. The molecule has 2 heterocycles. The average molecular weight is 317 g/mol. The summed E-state index contributed by atoms with van der Waals surface area (Å²) in [6.45, 7) is 8.51. The number of rotatable bonds is 4. The van der Waals surface area contributed by atoms with Crippen molar-refractivity contribution in [2.75, 3.05) is 7.05 Å². The van der Waals surface area contributed by atoms with E-state index in [1.54, 1.807) is 11.3 Å².